The highest BCUT2D eigenvalue weighted by Gasteiger charge is 2.13. The maximum atomic E-state index is 12.8. The summed E-state index contributed by atoms with van der Waals surface area (Å²) in [7, 11) is 0. The van der Waals surface area contributed by atoms with Crippen LogP contribution >= 0.6 is 11.3 Å². The molecule has 0 radical (unpaired) electrons. The normalized spacial score (nSPS) is 14.7. The van der Waals surface area contributed by atoms with Crippen molar-refractivity contribution in [2.75, 3.05) is 6.61 Å². The summed E-state index contributed by atoms with van der Waals surface area (Å²) in [5.41, 5.74) is 3.70. The van der Waals surface area contributed by atoms with Crippen LogP contribution in [0.15, 0.2) is 58.9 Å². The maximum Gasteiger partial charge on any atom is 0.274 e. The van der Waals surface area contributed by atoms with Crippen molar-refractivity contribution in [2.45, 2.75) is 0 Å². The fraction of sp³-hybridized carbons (Fsp3) is 0.0526. The first-order chi connectivity index (χ1) is 11.8. The van der Waals surface area contributed by atoms with Crippen molar-refractivity contribution in [3.05, 3.63) is 74.6 Å². The molecule has 4 nitrogen and oxygen atoms in total. The molecule has 0 unspecified atom stereocenters. The van der Waals surface area contributed by atoms with Crippen molar-refractivity contribution in [1.82, 2.24) is 9.38 Å². The molecule has 0 bridgehead atoms. The Bertz CT molecular complexity index is 1230. The minimum absolute atomic E-state index is 0.0246. The van der Waals surface area contributed by atoms with Crippen LogP contribution in [0.3, 0.4) is 0 Å². The van der Waals surface area contributed by atoms with Gasteiger partial charge in [0.05, 0.1) is 15.6 Å². The molecule has 0 atom stereocenters. The Labute approximate surface area is 140 Å². The minimum Gasteiger partial charge on any atom is -0.488 e. The molecule has 0 saturated heterocycles. The summed E-state index contributed by atoms with van der Waals surface area (Å²) in [5.74, 6) is 0.879. The largest absolute Gasteiger partial charge is 0.488 e. The Hall–Kier alpha value is -2.92. The van der Waals surface area contributed by atoms with E-state index in [1.54, 1.807) is 4.40 Å². The van der Waals surface area contributed by atoms with E-state index in [0.29, 0.717) is 11.1 Å². The number of imidazole rings is 1. The van der Waals surface area contributed by atoms with E-state index in [1.165, 1.54) is 11.3 Å². The predicted octanol–water partition coefficient (Wildman–Crippen LogP) is 2.88. The highest BCUT2D eigenvalue weighted by molar-refractivity contribution is 7.15. The average molecular weight is 332 g/mol. The van der Waals surface area contributed by atoms with Gasteiger partial charge in [-0.25, -0.2) is 9.38 Å². The number of aromatic nitrogens is 2. The van der Waals surface area contributed by atoms with Gasteiger partial charge < -0.3 is 4.74 Å². The SMILES string of the molecule is O=c1c(=CC2=Cc3ccccc3OC2)sc2nc3ccccc3n12. The Morgan fingerprint density at radius 1 is 1.12 bits per heavy atom. The number of hydrogen-bond acceptors (Lipinski definition) is 4. The molecule has 0 fully saturated rings. The zero-order valence-corrected chi connectivity index (χ0v) is 13.4. The average Bonchev–Trinajstić information content (AvgIpc) is 3.12. The zero-order chi connectivity index (χ0) is 16.1. The van der Waals surface area contributed by atoms with E-state index in [2.05, 4.69) is 11.1 Å². The van der Waals surface area contributed by atoms with Gasteiger partial charge in [0.1, 0.15) is 12.4 Å². The number of rotatable bonds is 1. The number of nitrogens with zero attached hydrogens (tertiary/aromatic N) is 2. The molecule has 116 valence electrons. The third kappa shape index (κ3) is 1.98. The molecular formula is C19H12N2O2S. The van der Waals surface area contributed by atoms with Crippen molar-refractivity contribution in [1.29, 1.82) is 0 Å². The van der Waals surface area contributed by atoms with Crippen LogP contribution in [0.25, 0.3) is 28.1 Å². The molecule has 5 rings (SSSR count). The topological polar surface area (TPSA) is 43.6 Å². The lowest BCUT2D eigenvalue weighted by Gasteiger charge is -2.15. The van der Waals surface area contributed by atoms with E-state index in [1.807, 2.05) is 54.6 Å². The Morgan fingerprint density at radius 3 is 2.92 bits per heavy atom. The second-order valence-electron chi connectivity index (χ2n) is 5.68. The number of benzene rings is 2. The fourth-order valence-electron chi connectivity index (χ4n) is 3.00. The molecule has 0 saturated carbocycles. The van der Waals surface area contributed by atoms with Gasteiger partial charge in [0.15, 0.2) is 4.96 Å². The van der Waals surface area contributed by atoms with Crippen LogP contribution in [0.1, 0.15) is 5.56 Å². The van der Waals surface area contributed by atoms with Gasteiger partial charge in [-0.2, -0.15) is 0 Å². The van der Waals surface area contributed by atoms with Gasteiger partial charge in [0, 0.05) is 5.56 Å². The molecule has 0 N–H and O–H groups in total. The van der Waals surface area contributed by atoms with Gasteiger partial charge in [0.25, 0.3) is 5.56 Å². The zero-order valence-electron chi connectivity index (χ0n) is 12.6. The Kier molecular flexibility index (Phi) is 2.84. The molecule has 5 heteroatoms. The molecule has 1 aliphatic rings. The van der Waals surface area contributed by atoms with Gasteiger partial charge in [-0.3, -0.25) is 4.79 Å². The Balaban J connectivity index is 1.70. The van der Waals surface area contributed by atoms with Gasteiger partial charge >= 0.3 is 0 Å². The molecule has 0 amide bonds. The smallest absolute Gasteiger partial charge is 0.274 e. The van der Waals surface area contributed by atoms with Crippen LogP contribution in [0.4, 0.5) is 0 Å². The summed E-state index contributed by atoms with van der Waals surface area (Å²) in [4.78, 5) is 18.0. The number of thiazole rings is 1. The summed E-state index contributed by atoms with van der Waals surface area (Å²) >= 11 is 1.41. The summed E-state index contributed by atoms with van der Waals surface area (Å²) in [5, 5.41) is 0. The second-order valence-corrected chi connectivity index (χ2v) is 6.69. The molecule has 0 spiro atoms. The lowest BCUT2D eigenvalue weighted by molar-refractivity contribution is 0.352. The number of fused-ring (bicyclic) bond motifs is 4. The summed E-state index contributed by atoms with van der Waals surface area (Å²) in [6.07, 6.45) is 3.98. The maximum absolute atomic E-state index is 12.8. The van der Waals surface area contributed by atoms with Crippen molar-refractivity contribution < 1.29 is 4.74 Å². The molecule has 2 aromatic carbocycles. The second kappa shape index (κ2) is 5.04. The third-order valence-electron chi connectivity index (χ3n) is 4.12. The minimum atomic E-state index is -0.0246. The number of para-hydroxylation sites is 3. The molecular weight excluding hydrogens is 320 g/mol. The highest BCUT2D eigenvalue weighted by atomic mass is 32.1. The highest BCUT2D eigenvalue weighted by Crippen LogP contribution is 2.26. The first-order valence-electron chi connectivity index (χ1n) is 7.64. The van der Waals surface area contributed by atoms with Crippen LogP contribution in [0.2, 0.25) is 0 Å². The molecule has 2 aromatic heterocycles. The summed E-state index contributed by atoms with van der Waals surface area (Å²) in [6, 6.07) is 15.6. The monoisotopic (exact) mass is 332 g/mol. The quantitative estimate of drug-likeness (QED) is 0.538. The lowest BCUT2D eigenvalue weighted by Crippen LogP contribution is -2.23. The fourth-order valence-corrected chi connectivity index (χ4v) is 4.00. The molecule has 0 aliphatic carbocycles. The van der Waals surface area contributed by atoms with Crippen molar-refractivity contribution in [3.8, 4) is 5.75 Å². The third-order valence-corrected chi connectivity index (χ3v) is 5.08. The van der Waals surface area contributed by atoms with E-state index in [0.717, 1.165) is 32.9 Å². The molecule has 4 aromatic rings. The van der Waals surface area contributed by atoms with Gasteiger partial charge in [0.2, 0.25) is 0 Å². The first-order valence-corrected chi connectivity index (χ1v) is 8.45. The predicted molar refractivity (Wildman–Crippen MR) is 96.4 cm³/mol. The van der Waals surface area contributed by atoms with E-state index in [9.17, 15) is 4.79 Å². The van der Waals surface area contributed by atoms with Gasteiger partial charge in [-0.05, 0) is 35.9 Å². The van der Waals surface area contributed by atoms with Crippen LogP contribution < -0.4 is 14.8 Å². The van der Waals surface area contributed by atoms with Crippen molar-refractivity contribution in [3.63, 3.8) is 0 Å². The van der Waals surface area contributed by atoms with E-state index < -0.39 is 0 Å². The van der Waals surface area contributed by atoms with Crippen molar-refractivity contribution >= 4 is 39.5 Å². The molecule has 3 heterocycles. The standard InChI is InChI=1S/C19H12N2O2S/c22-18-17(10-12-9-13-5-1-4-8-16(13)23-11-12)24-19-20-14-6-2-3-7-15(14)21(18)19/h1-10H,11H2. The van der Waals surface area contributed by atoms with Crippen molar-refractivity contribution in [2.24, 2.45) is 0 Å². The van der Waals surface area contributed by atoms with Crippen LogP contribution in [0, 0.1) is 0 Å². The van der Waals surface area contributed by atoms with Gasteiger partial charge in [-0.1, -0.05) is 41.7 Å². The Morgan fingerprint density at radius 2 is 1.96 bits per heavy atom. The molecule has 24 heavy (non-hydrogen) atoms. The number of ether oxygens (including phenoxy) is 1. The van der Waals surface area contributed by atoms with Crippen LogP contribution in [0.5, 0.6) is 5.75 Å². The van der Waals surface area contributed by atoms with E-state index in [4.69, 9.17) is 4.74 Å². The number of hydrogen-bond donors (Lipinski definition) is 0. The first kappa shape index (κ1) is 13.5. The van der Waals surface area contributed by atoms with E-state index in [-0.39, 0.29) is 5.56 Å². The van der Waals surface area contributed by atoms with E-state index >= 15 is 0 Å². The summed E-state index contributed by atoms with van der Waals surface area (Å²) < 4.78 is 8.12. The van der Waals surface area contributed by atoms with Crippen LogP contribution in [-0.2, 0) is 0 Å². The van der Waals surface area contributed by atoms with Crippen LogP contribution in [-0.4, -0.2) is 16.0 Å². The summed E-state index contributed by atoms with van der Waals surface area (Å²) in [6.45, 7) is 0.470. The lowest BCUT2D eigenvalue weighted by atomic mass is 10.1. The van der Waals surface area contributed by atoms with Gasteiger partial charge in [-0.15, -0.1) is 0 Å². The molecule has 1 aliphatic heterocycles.